The minimum atomic E-state index is -2.32. The number of aryl methyl sites for hydroxylation is 1. The molecule has 0 aliphatic carbocycles. The molecule has 0 aromatic carbocycles. The fourth-order valence-corrected chi connectivity index (χ4v) is 2.89. The normalized spacial score (nSPS) is 25.6. The predicted molar refractivity (Wildman–Crippen MR) is 67.2 cm³/mol. The van der Waals surface area contributed by atoms with E-state index in [-0.39, 0.29) is 25.4 Å². The Hall–Kier alpha value is -1.92. The summed E-state index contributed by atoms with van der Waals surface area (Å²) in [6.07, 6.45) is 4.20. The number of fused-ring (bicyclic) bond motifs is 1. The average molecular weight is 281 g/mol. The Kier molecular flexibility index (Phi) is 2.99. The first-order valence-corrected chi connectivity index (χ1v) is 6.77. The molecule has 0 bridgehead atoms. The molecule has 1 aromatic heterocycles. The molecular formula is C13H16FN3O3. The van der Waals surface area contributed by atoms with Crippen molar-refractivity contribution < 1.29 is 19.1 Å². The van der Waals surface area contributed by atoms with E-state index >= 15 is 0 Å². The number of hydrogen-bond donors (Lipinski definition) is 1. The van der Waals surface area contributed by atoms with Gasteiger partial charge in [-0.05, 0) is 19.3 Å². The third-order valence-corrected chi connectivity index (χ3v) is 4.10. The largest absolute Gasteiger partial charge is 0.479 e. The van der Waals surface area contributed by atoms with E-state index in [1.807, 2.05) is 4.68 Å². The lowest BCUT2D eigenvalue weighted by atomic mass is 10.1. The third-order valence-electron chi connectivity index (χ3n) is 4.10. The Morgan fingerprint density at radius 2 is 2.15 bits per heavy atom. The van der Waals surface area contributed by atoms with Crippen molar-refractivity contribution in [2.24, 2.45) is 0 Å². The predicted octanol–water partition coefficient (Wildman–Crippen LogP) is 0.858. The first kappa shape index (κ1) is 13.1. The van der Waals surface area contributed by atoms with Gasteiger partial charge in [-0.25, -0.2) is 9.18 Å². The molecule has 0 unspecified atom stereocenters. The van der Waals surface area contributed by atoms with Crippen molar-refractivity contribution in [2.75, 3.05) is 13.1 Å². The van der Waals surface area contributed by atoms with Crippen molar-refractivity contribution in [3.63, 3.8) is 0 Å². The fourth-order valence-electron chi connectivity index (χ4n) is 2.89. The second kappa shape index (κ2) is 4.57. The maximum atomic E-state index is 14.0. The molecule has 1 saturated heterocycles. The van der Waals surface area contributed by atoms with E-state index in [2.05, 4.69) is 5.10 Å². The molecule has 3 rings (SSSR count). The zero-order valence-corrected chi connectivity index (χ0v) is 11.0. The molecule has 2 aliphatic rings. The van der Waals surface area contributed by atoms with Crippen LogP contribution in [0.25, 0.3) is 0 Å². The summed E-state index contributed by atoms with van der Waals surface area (Å²) in [4.78, 5) is 24.6. The molecule has 1 amide bonds. The minimum Gasteiger partial charge on any atom is -0.479 e. The molecule has 2 aliphatic heterocycles. The Morgan fingerprint density at radius 3 is 2.85 bits per heavy atom. The lowest BCUT2D eigenvalue weighted by Crippen LogP contribution is -2.39. The quantitative estimate of drug-likeness (QED) is 0.872. The van der Waals surface area contributed by atoms with Crippen LogP contribution in [0, 0.1) is 0 Å². The number of likely N-dealkylation sites (tertiary alicyclic amines) is 1. The number of aromatic nitrogens is 2. The second-order valence-electron chi connectivity index (χ2n) is 5.43. The van der Waals surface area contributed by atoms with E-state index in [0.29, 0.717) is 5.56 Å². The molecule has 0 saturated carbocycles. The van der Waals surface area contributed by atoms with Crippen molar-refractivity contribution in [1.29, 1.82) is 0 Å². The Morgan fingerprint density at radius 1 is 1.35 bits per heavy atom. The minimum absolute atomic E-state index is 0.131. The molecular weight excluding hydrogens is 265 g/mol. The number of amides is 1. The van der Waals surface area contributed by atoms with Crippen molar-refractivity contribution in [2.45, 2.75) is 37.9 Å². The van der Waals surface area contributed by atoms with Crippen LogP contribution >= 0.6 is 0 Å². The van der Waals surface area contributed by atoms with E-state index < -0.39 is 11.6 Å². The standard InChI is InChI=1S/C13H16FN3O3/c14-13(12(19)20)4-6-16(8-13)11(18)9-7-15-17-5-2-1-3-10(9)17/h7H,1-6,8H2,(H,19,20)/t13-/m0/s1. The molecule has 1 atom stereocenters. The van der Waals surface area contributed by atoms with Crippen molar-refractivity contribution >= 4 is 11.9 Å². The number of hydrogen-bond acceptors (Lipinski definition) is 3. The zero-order chi connectivity index (χ0) is 14.3. The Labute approximate surface area is 115 Å². The van der Waals surface area contributed by atoms with Crippen molar-refractivity contribution in [3.05, 3.63) is 17.5 Å². The molecule has 0 spiro atoms. The van der Waals surface area contributed by atoms with Crippen LogP contribution in [-0.2, 0) is 17.8 Å². The number of carboxylic acid groups (broad SMARTS) is 1. The van der Waals surface area contributed by atoms with Gasteiger partial charge in [0.05, 0.1) is 24.0 Å². The molecule has 20 heavy (non-hydrogen) atoms. The van der Waals surface area contributed by atoms with E-state index in [1.54, 1.807) is 0 Å². The summed E-state index contributed by atoms with van der Waals surface area (Å²) in [7, 11) is 0. The number of carbonyl (C=O) groups is 2. The van der Waals surface area contributed by atoms with Crippen LogP contribution in [0.2, 0.25) is 0 Å². The molecule has 1 aromatic rings. The number of carboxylic acids is 1. The topological polar surface area (TPSA) is 75.4 Å². The number of carbonyl (C=O) groups excluding carboxylic acids is 1. The van der Waals surface area contributed by atoms with Gasteiger partial charge in [-0.3, -0.25) is 9.48 Å². The summed E-state index contributed by atoms with van der Waals surface area (Å²) in [6.45, 7) is 0.544. The highest BCUT2D eigenvalue weighted by Crippen LogP contribution is 2.28. The van der Waals surface area contributed by atoms with Crippen LogP contribution in [0.4, 0.5) is 4.39 Å². The first-order valence-electron chi connectivity index (χ1n) is 6.77. The van der Waals surface area contributed by atoms with Gasteiger partial charge in [-0.15, -0.1) is 0 Å². The first-order chi connectivity index (χ1) is 9.51. The lowest BCUT2D eigenvalue weighted by Gasteiger charge is -2.19. The fraction of sp³-hybridized carbons (Fsp3) is 0.615. The maximum Gasteiger partial charge on any atom is 0.343 e. The summed E-state index contributed by atoms with van der Waals surface area (Å²) in [5.74, 6) is -1.81. The van der Waals surface area contributed by atoms with E-state index in [1.165, 1.54) is 11.1 Å². The van der Waals surface area contributed by atoms with Crippen LogP contribution in [-0.4, -0.2) is 50.4 Å². The van der Waals surface area contributed by atoms with E-state index in [4.69, 9.17) is 5.11 Å². The summed E-state index contributed by atoms with van der Waals surface area (Å²) in [5.41, 5.74) is -0.949. The lowest BCUT2D eigenvalue weighted by molar-refractivity contribution is -0.149. The van der Waals surface area contributed by atoms with Gasteiger partial charge in [0.15, 0.2) is 0 Å². The highest BCUT2D eigenvalue weighted by Gasteiger charge is 2.47. The smallest absolute Gasteiger partial charge is 0.343 e. The van der Waals surface area contributed by atoms with Crippen LogP contribution in [0.5, 0.6) is 0 Å². The van der Waals surface area contributed by atoms with E-state index in [0.717, 1.165) is 31.5 Å². The second-order valence-corrected chi connectivity index (χ2v) is 5.43. The van der Waals surface area contributed by atoms with Gasteiger partial charge in [0.25, 0.3) is 5.91 Å². The highest BCUT2D eigenvalue weighted by molar-refractivity contribution is 5.96. The van der Waals surface area contributed by atoms with Gasteiger partial charge in [0.2, 0.25) is 5.67 Å². The summed E-state index contributed by atoms with van der Waals surface area (Å²) < 4.78 is 15.8. The molecule has 6 nitrogen and oxygen atoms in total. The number of alkyl halides is 1. The molecule has 108 valence electrons. The van der Waals surface area contributed by atoms with Crippen LogP contribution in [0.15, 0.2) is 6.20 Å². The maximum absolute atomic E-state index is 14.0. The molecule has 0 radical (unpaired) electrons. The van der Waals surface area contributed by atoms with Gasteiger partial charge in [0, 0.05) is 19.5 Å². The average Bonchev–Trinajstić information content (AvgIpc) is 3.03. The highest BCUT2D eigenvalue weighted by atomic mass is 19.1. The molecule has 1 N–H and O–H groups in total. The van der Waals surface area contributed by atoms with Gasteiger partial charge < -0.3 is 10.0 Å². The SMILES string of the molecule is O=C(c1cnn2c1CCCC2)N1CC[C@@](F)(C(=O)O)C1. The number of halogens is 1. The zero-order valence-electron chi connectivity index (χ0n) is 11.0. The molecule has 1 fully saturated rings. The van der Waals surface area contributed by atoms with Crippen LogP contribution < -0.4 is 0 Å². The number of aliphatic carboxylic acids is 1. The molecule has 3 heterocycles. The third kappa shape index (κ3) is 1.97. The number of rotatable bonds is 2. The monoisotopic (exact) mass is 281 g/mol. The summed E-state index contributed by atoms with van der Waals surface area (Å²) in [6, 6.07) is 0. The van der Waals surface area contributed by atoms with Gasteiger partial charge in [-0.1, -0.05) is 0 Å². The van der Waals surface area contributed by atoms with Gasteiger partial charge in [0.1, 0.15) is 0 Å². The van der Waals surface area contributed by atoms with Crippen LogP contribution in [0.1, 0.15) is 35.3 Å². The Balaban J connectivity index is 1.81. The summed E-state index contributed by atoms with van der Waals surface area (Å²) >= 11 is 0. The number of nitrogens with zero attached hydrogens (tertiary/aromatic N) is 3. The summed E-state index contributed by atoms with van der Waals surface area (Å²) in [5, 5.41) is 13.0. The van der Waals surface area contributed by atoms with Crippen LogP contribution in [0.3, 0.4) is 0 Å². The van der Waals surface area contributed by atoms with Gasteiger partial charge in [-0.2, -0.15) is 5.10 Å². The van der Waals surface area contributed by atoms with Crippen molar-refractivity contribution in [1.82, 2.24) is 14.7 Å². The van der Waals surface area contributed by atoms with E-state index in [9.17, 15) is 14.0 Å². The Bertz CT molecular complexity index is 571. The molecule has 7 heteroatoms. The van der Waals surface area contributed by atoms with Gasteiger partial charge >= 0.3 is 5.97 Å². The van der Waals surface area contributed by atoms with Crippen molar-refractivity contribution in [3.8, 4) is 0 Å².